The summed E-state index contributed by atoms with van der Waals surface area (Å²) in [6, 6.07) is 15.9. The van der Waals surface area contributed by atoms with E-state index in [2.05, 4.69) is 16.3 Å². The van der Waals surface area contributed by atoms with Gasteiger partial charge in [0.1, 0.15) is 11.5 Å². The molecule has 3 rings (SSSR count). The van der Waals surface area contributed by atoms with Gasteiger partial charge in [0, 0.05) is 19.6 Å². The summed E-state index contributed by atoms with van der Waals surface area (Å²) in [5.74, 6) is 1.74. The van der Waals surface area contributed by atoms with Crippen molar-refractivity contribution in [3.8, 4) is 11.5 Å². The van der Waals surface area contributed by atoms with Crippen molar-refractivity contribution in [3.05, 3.63) is 54.1 Å². The van der Waals surface area contributed by atoms with Gasteiger partial charge in [-0.05, 0) is 49.6 Å². The van der Waals surface area contributed by atoms with Gasteiger partial charge >= 0.3 is 0 Å². The number of hydrogen-bond acceptors (Lipinski definition) is 4. The van der Waals surface area contributed by atoms with Crippen molar-refractivity contribution < 1.29 is 14.3 Å². The van der Waals surface area contributed by atoms with Crippen molar-refractivity contribution >= 4 is 11.6 Å². The van der Waals surface area contributed by atoms with E-state index in [1.165, 1.54) is 0 Å². The van der Waals surface area contributed by atoms with Gasteiger partial charge in [-0.1, -0.05) is 24.3 Å². The summed E-state index contributed by atoms with van der Waals surface area (Å²) < 4.78 is 10.9. The summed E-state index contributed by atoms with van der Waals surface area (Å²) >= 11 is 0. The number of ether oxygens (including phenoxy) is 2. The molecular formula is C22H28N2O3. The number of hydrogen-bond donors (Lipinski definition) is 1. The van der Waals surface area contributed by atoms with E-state index in [9.17, 15) is 4.79 Å². The number of likely N-dealkylation sites (N-methyl/N-ethyl adjacent to an activating group) is 1. The Balaban J connectivity index is 1.90. The van der Waals surface area contributed by atoms with Crippen LogP contribution < -0.4 is 19.7 Å². The number of rotatable bonds is 6. The summed E-state index contributed by atoms with van der Waals surface area (Å²) in [5, 5.41) is 3.05. The second kappa shape index (κ2) is 8.33. The van der Waals surface area contributed by atoms with E-state index >= 15 is 0 Å². The molecule has 1 heterocycles. The van der Waals surface area contributed by atoms with Gasteiger partial charge in [0.05, 0.1) is 25.3 Å². The summed E-state index contributed by atoms with van der Waals surface area (Å²) in [6.07, 6.45) is 1.48. The van der Waals surface area contributed by atoms with Gasteiger partial charge in [0.15, 0.2) is 0 Å². The van der Waals surface area contributed by atoms with Gasteiger partial charge in [-0.3, -0.25) is 4.79 Å². The molecule has 2 aromatic rings. The molecule has 2 aromatic carbocycles. The van der Waals surface area contributed by atoms with Gasteiger partial charge < -0.3 is 19.7 Å². The molecule has 27 heavy (non-hydrogen) atoms. The van der Waals surface area contributed by atoms with Crippen molar-refractivity contribution in [2.75, 3.05) is 38.8 Å². The normalized spacial score (nSPS) is 15.9. The predicted molar refractivity (Wildman–Crippen MR) is 108 cm³/mol. The Bertz CT molecular complexity index is 783. The molecule has 0 radical (unpaired) electrons. The first-order chi connectivity index (χ1) is 13.1. The minimum absolute atomic E-state index is 0.0953. The van der Waals surface area contributed by atoms with E-state index in [4.69, 9.17) is 9.47 Å². The molecule has 0 aromatic heterocycles. The number of piperidine rings is 1. The number of amides is 1. The average Bonchev–Trinajstić information content (AvgIpc) is 2.74. The minimum atomic E-state index is -0.539. The zero-order valence-electron chi connectivity index (χ0n) is 16.3. The first kappa shape index (κ1) is 19.1. The Labute approximate surface area is 161 Å². The highest BCUT2D eigenvalue weighted by Crippen LogP contribution is 2.40. The number of nitrogens with one attached hydrogen (secondary N) is 1. The van der Waals surface area contributed by atoms with Crippen LogP contribution in [0.1, 0.15) is 25.3 Å². The molecular weight excluding hydrogens is 340 g/mol. The van der Waals surface area contributed by atoms with Crippen molar-refractivity contribution in [3.63, 3.8) is 0 Å². The molecule has 1 aliphatic rings. The van der Waals surface area contributed by atoms with Gasteiger partial charge in [0.25, 0.3) is 0 Å². The number of methoxy groups -OCH3 is 2. The summed E-state index contributed by atoms with van der Waals surface area (Å²) in [7, 11) is 3.35. The van der Waals surface area contributed by atoms with E-state index in [1.807, 2.05) is 49.4 Å². The van der Waals surface area contributed by atoms with Crippen molar-refractivity contribution in [1.82, 2.24) is 5.32 Å². The second-order valence-electron chi connectivity index (χ2n) is 6.83. The highest BCUT2D eigenvalue weighted by Gasteiger charge is 2.43. The van der Waals surface area contributed by atoms with Crippen LogP contribution in [0, 0.1) is 0 Å². The van der Waals surface area contributed by atoms with Gasteiger partial charge in [-0.25, -0.2) is 0 Å². The average molecular weight is 368 g/mol. The molecule has 1 amide bonds. The van der Waals surface area contributed by atoms with Gasteiger partial charge in [0.2, 0.25) is 5.91 Å². The third-order valence-electron chi connectivity index (χ3n) is 5.44. The smallest absolute Gasteiger partial charge is 0.230 e. The van der Waals surface area contributed by atoms with Crippen LogP contribution in [-0.2, 0) is 10.2 Å². The molecule has 1 aliphatic heterocycles. The summed E-state index contributed by atoms with van der Waals surface area (Å²) in [4.78, 5) is 15.4. The standard InChI is InChI=1S/C22H28N2O3/c1-4-23-21(25)22(17-8-7-9-18(16-17)26-2)12-14-24(15-13-22)19-10-5-6-11-20(19)27-3/h5-11,16H,4,12-15H2,1-3H3,(H,23,25). The van der Waals surface area contributed by atoms with Crippen LogP contribution in [-0.4, -0.2) is 39.8 Å². The Kier molecular flexibility index (Phi) is 5.89. The monoisotopic (exact) mass is 368 g/mol. The molecule has 0 atom stereocenters. The van der Waals surface area contributed by atoms with Gasteiger partial charge in [-0.2, -0.15) is 0 Å². The van der Waals surface area contributed by atoms with Crippen LogP contribution in [0.25, 0.3) is 0 Å². The highest BCUT2D eigenvalue weighted by molar-refractivity contribution is 5.88. The fourth-order valence-electron chi connectivity index (χ4n) is 3.92. The van der Waals surface area contributed by atoms with Gasteiger partial charge in [-0.15, -0.1) is 0 Å². The third-order valence-corrected chi connectivity index (χ3v) is 5.44. The van der Waals surface area contributed by atoms with Crippen molar-refractivity contribution in [1.29, 1.82) is 0 Å². The van der Waals surface area contributed by atoms with E-state index in [1.54, 1.807) is 14.2 Å². The number of carbonyl (C=O) groups is 1. The molecule has 0 spiro atoms. The van der Waals surface area contributed by atoms with E-state index in [-0.39, 0.29) is 5.91 Å². The topological polar surface area (TPSA) is 50.8 Å². The number of carbonyl (C=O) groups excluding carboxylic acids is 1. The first-order valence-corrected chi connectivity index (χ1v) is 9.45. The fourth-order valence-corrected chi connectivity index (χ4v) is 3.92. The van der Waals surface area contributed by atoms with Crippen molar-refractivity contribution in [2.45, 2.75) is 25.2 Å². The largest absolute Gasteiger partial charge is 0.497 e. The number of para-hydroxylation sites is 2. The number of anilines is 1. The summed E-state index contributed by atoms with van der Waals surface area (Å²) in [5.41, 5.74) is 1.56. The lowest BCUT2D eigenvalue weighted by molar-refractivity contribution is -0.127. The highest BCUT2D eigenvalue weighted by atomic mass is 16.5. The molecule has 0 bridgehead atoms. The van der Waals surface area contributed by atoms with Crippen LogP contribution in [0.15, 0.2) is 48.5 Å². The molecule has 0 saturated carbocycles. The molecule has 1 N–H and O–H groups in total. The Morgan fingerprint density at radius 3 is 2.48 bits per heavy atom. The fraction of sp³-hybridized carbons (Fsp3) is 0.409. The maximum atomic E-state index is 13.1. The number of nitrogens with zero attached hydrogens (tertiary/aromatic N) is 1. The Morgan fingerprint density at radius 2 is 1.81 bits per heavy atom. The Morgan fingerprint density at radius 1 is 1.07 bits per heavy atom. The van der Waals surface area contributed by atoms with Crippen molar-refractivity contribution in [2.24, 2.45) is 0 Å². The SMILES string of the molecule is CCNC(=O)C1(c2cccc(OC)c2)CCN(c2ccccc2OC)CC1. The predicted octanol–water partition coefficient (Wildman–Crippen LogP) is 3.38. The van der Waals surface area contributed by atoms with Crippen LogP contribution in [0.5, 0.6) is 11.5 Å². The maximum Gasteiger partial charge on any atom is 0.230 e. The molecule has 5 heteroatoms. The molecule has 0 unspecified atom stereocenters. The van der Waals surface area contributed by atoms with Crippen LogP contribution in [0.2, 0.25) is 0 Å². The maximum absolute atomic E-state index is 13.1. The second-order valence-corrected chi connectivity index (χ2v) is 6.83. The number of benzene rings is 2. The zero-order valence-corrected chi connectivity index (χ0v) is 16.3. The lowest BCUT2D eigenvalue weighted by Crippen LogP contribution is -2.51. The Hall–Kier alpha value is -2.69. The molecule has 5 nitrogen and oxygen atoms in total. The minimum Gasteiger partial charge on any atom is -0.497 e. The van der Waals surface area contributed by atoms with E-state index in [0.29, 0.717) is 6.54 Å². The first-order valence-electron chi connectivity index (χ1n) is 9.45. The van der Waals surface area contributed by atoms with E-state index < -0.39 is 5.41 Å². The third kappa shape index (κ3) is 3.72. The van der Waals surface area contributed by atoms with Crippen LogP contribution in [0.3, 0.4) is 0 Å². The lowest BCUT2D eigenvalue weighted by Gasteiger charge is -2.42. The molecule has 144 valence electrons. The molecule has 1 fully saturated rings. The molecule has 1 saturated heterocycles. The zero-order chi connectivity index (χ0) is 19.3. The van der Waals surface area contributed by atoms with Crippen LogP contribution in [0.4, 0.5) is 5.69 Å². The summed E-state index contributed by atoms with van der Waals surface area (Å²) in [6.45, 7) is 4.16. The van der Waals surface area contributed by atoms with E-state index in [0.717, 1.165) is 48.7 Å². The lowest BCUT2D eigenvalue weighted by atomic mass is 9.71. The molecule has 0 aliphatic carbocycles. The quantitative estimate of drug-likeness (QED) is 0.849. The van der Waals surface area contributed by atoms with Crippen LogP contribution >= 0.6 is 0 Å².